The fourth-order valence-corrected chi connectivity index (χ4v) is 4.05. The highest BCUT2D eigenvalue weighted by Gasteiger charge is 2.39. The largest absolute Gasteiger partial charge is 0.490 e. The first-order chi connectivity index (χ1) is 16.5. The fourth-order valence-electron chi connectivity index (χ4n) is 3.79. The second-order valence-electron chi connectivity index (χ2n) is 7.76. The van der Waals surface area contributed by atoms with Crippen LogP contribution in [0.1, 0.15) is 24.1 Å². The SMILES string of the molecule is C=C1NC(=S)NC(c2ccc(OCc3ccccc3)c(OCC)c2)C1C(=O)Nc1cccc[nH+]1. The van der Waals surface area contributed by atoms with Crippen molar-refractivity contribution in [3.8, 4) is 11.5 Å². The normalized spacial score (nSPS) is 17.3. The number of pyridine rings is 1. The third-order valence-electron chi connectivity index (χ3n) is 5.38. The van der Waals surface area contributed by atoms with Crippen molar-refractivity contribution in [3.05, 3.63) is 96.3 Å². The first-order valence-electron chi connectivity index (χ1n) is 11.0. The van der Waals surface area contributed by atoms with Crippen LogP contribution in [0.5, 0.6) is 11.5 Å². The van der Waals surface area contributed by atoms with E-state index in [2.05, 4.69) is 27.5 Å². The standard InChI is InChI=1S/C26H26N4O3S/c1-3-32-21-15-19(12-13-20(21)33-16-18-9-5-4-6-10-18)24-23(17(2)28-26(34)30-24)25(31)29-22-11-7-8-14-27-22/h4-15,23-24H,2-3,16H2,1H3,(H,27,29,31)(H2,28,30,34)/p+1. The molecule has 1 amide bonds. The molecule has 34 heavy (non-hydrogen) atoms. The van der Waals surface area contributed by atoms with Crippen molar-refractivity contribution in [1.82, 2.24) is 10.6 Å². The van der Waals surface area contributed by atoms with Gasteiger partial charge in [0.05, 0.1) is 18.8 Å². The predicted octanol–water partition coefficient (Wildman–Crippen LogP) is 3.77. The van der Waals surface area contributed by atoms with E-state index in [4.69, 9.17) is 21.7 Å². The predicted molar refractivity (Wildman–Crippen MR) is 134 cm³/mol. The maximum atomic E-state index is 13.2. The Kier molecular flexibility index (Phi) is 7.39. The van der Waals surface area contributed by atoms with Crippen molar-refractivity contribution >= 4 is 29.1 Å². The fraction of sp³-hybridized carbons (Fsp3) is 0.192. The number of H-pyrrole nitrogens is 1. The summed E-state index contributed by atoms with van der Waals surface area (Å²) in [5.74, 6) is 0.980. The minimum atomic E-state index is -0.620. The summed E-state index contributed by atoms with van der Waals surface area (Å²) < 4.78 is 11.9. The van der Waals surface area contributed by atoms with Gasteiger partial charge in [0, 0.05) is 11.8 Å². The van der Waals surface area contributed by atoms with E-state index in [-0.39, 0.29) is 5.91 Å². The average molecular weight is 476 g/mol. The Bertz CT molecular complexity index is 1170. The van der Waals surface area contributed by atoms with Gasteiger partial charge < -0.3 is 20.1 Å². The van der Waals surface area contributed by atoms with Crippen LogP contribution in [-0.4, -0.2) is 17.6 Å². The Labute approximate surface area is 204 Å². The molecule has 2 unspecified atom stereocenters. The molecule has 2 aromatic carbocycles. The molecule has 1 aliphatic rings. The van der Waals surface area contributed by atoms with Crippen LogP contribution < -0.4 is 30.4 Å². The van der Waals surface area contributed by atoms with Crippen molar-refractivity contribution in [2.75, 3.05) is 11.9 Å². The van der Waals surface area contributed by atoms with Gasteiger partial charge in [0.25, 0.3) is 5.82 Å². The molecule has 1 aliphatic heterocycles. The topological polar surface area (TPSA) is 85.8 Å². The molecule has 1 aromatic heterocycles. The van der Waals surface area contributed by atoms with Gasteiger partial charge in [0.1, 0.15) is 12.5 Å². The summed E-state index contributed by atoms with van der Waals surface area (Å²) in [7, 11) is 0. The van der Waals surface area contributed by atoms with E-state index in [1.165, 1.54) is 0 Å². The van der Waals surface area contributed by atoms with Crippen LogP contribution >= 0.6 is 12.2 Å². The van der Waals surface area contributed by atoms with Gasteiger partial charge in [-0.3, -0.25) is 0 Å². The molecule has 2 atom stereocenters. The Balaban J connectivity index is 1.59. The monoisotopic (exact) mass is 475 g/mol. The Morgan fingerprint density at radius 1 is 1.09 bits per heavy atom. The Hall–Kier alpha value is -3.91. The molecule has 0 radical (unpaired) electrons. The van der Waals surface area contributed by atoms with Crippen molar-refractivity contribution in [3.63, 3.8) is 0 Å². The lowest BCUT2D eigenvalue weighted by molar-refractivity contribution is -0.360. The zero-order valence-corrected chi connectivity index (χ0v) is 19.7. The second-order valence-corrected chi connectivity index (χ2v) is 8.17. The minimum absolute atomic E-state index is 0.220. The number of rotatable bonds is 8. The molecule has 0 aliphatic carbocycles. The van der Waals surface area contributed by atoms with Crippen LogP contribution in [0.3, 0.4) is 0 Å². The van der Waals surface area contributed by atoms with Crippen LogP contribution in [0.4, 0.5) is 5.82 Å². The lowest BCUT2D eigenvalue weighted by Crippen LogP contribution is -2.51. The molecular weight excluding hydrogens is 448 g/mol. The van der Waals surface area contributed by atoms with E-state index < -0.39 is 12.0 Å². The third-order valence-corrected chi connectivity index (χ3v) is 5.60. The summed E-state index contributed by atoms with van der Waals surface area (Å²) in [5, 5.41) is 9.52. The van der Waals surface area contributed by atoms with Crippen molar-refractivity contribution < 1.29 is 19.3 Å². The van der Waals surface area contributed by atoms with Gasteiger partial charge in [-0.1, -0.05) is 49.0 Å². The van der Waals surface area contributed by atoms with E-state index in [0.717, 1.165) is 11.1 Å². The Morgan fingerprint density at radius 3 is 2.62 bits per heavy atom. The highest BCUT2D eigenvalue weighted by molar-refractivity contribution is 7.80. The van der Waals surface area contributed by atoms with Gasteiger partial charge in [-0.25, -0.2) is 15.1 Å². The molecule has 0 saturated carbocycles. The molecule has 0 spiro atoms. The average Bonchev–Trinajstić information content (AvgIpc) is 2.84. The minimum Gasteiger partial charge on any atom is -0.490 e. The number of benzene rings is 2. The zero-order valence-electron chi connectivity index (χ0n) is 18.8. The molecule has 2 heterocycles. The molecule has 8 heteroatoms. The maximum absolute atomic E-state index is 13.2. The van der Waals surface area contributed by atoms with Crippen LogP contribution in [0.2, 0.25) is 0 Å². The van der Waals surface area contributed by atoms with E-state index in [1.807, 2.05) is 67.6 Å². The number of thiocarbonyl (C=S) groups is 1. The second kappa shape index (κ2) is 10.8. The number of anilines is 1. The molecule has 174 valence electrons. The van der Waals surface area contributed by atoms with Gasteiger partial charge in [-0.05, 0) is 48.5 Å². The van der Waals surface area contributed by atoms with Gasteiger partial charge in [0.2, 0.25) is 0 Å². The quantitative estimate of drug-likeness (QED) is 0.430. The molecule has 7 nitrogen and oxygen atoms in total. The molecule has 4 rings (SSSR count). The van der Waals surface area contributed by atoms with E-state index in [9.17, 15) is 4.79 Å². The zero-order chi connectivity index (χ0) is 23.9. The van der Waals surface area contributed by atoms with Crippen molar-refractivity contribution in [2.45, 2.75) is 19.6 Å². The summed E-state index contributed by atoms with van der Waals surface area (Å²) in [6.45, 7) is 6.87. The molecule has 0 bridgehead atoms. The van der Waals surface area contributed by atoms with Crippen LogP contribution in [0.25, 0.3) is 0 Å². The smallest absolute Gasteiger partial charge is 0.318 e. The summed E-state index contributed by atoms with van der Waals surface area (Å²) in [6.07, 6.45) is 1.75. The van der Waals surface area contributed by atoms with Gasteiger partial charge >= 0.3 is 5.91 Å². The maximum Gasteiger partial charge on any atom is 0.318 e. The van der Waals surface area contributed by atoms with Crippen LogP contribution in [0.15, 0.2) is 85.2 Å². The first kappa shape index (κ1) is 23.3. The highest BCUT2D eigenvalue weighted by Crippen LogP contribution is 2.36. The third kappa shape index (κ3) is 5.52. The first-order valence-corrected chi connectivity index (χ1v) is 11.4. The summed E-state index contributed by atoms with van der Waals surface area (Å²) in [6, 6.07) is 20.6. The number of amides is 1. The summed E-state index contributed by atoms with van der Waals surface area (Å²) in [5.41, 5.74) is 2.41. The van der Waals surface area contributed by atoms with E-state index in [0.29, 0.717) is 41.3 Å². The van der Waals surface area contributed by atoms with E-state index in [1.54, 1.807) is 12.3 Å². The number of aromatic amines is 1. The number of hydrogen-bond donors (Lipinski definition) is 3. The lowest BCUT2D eigenvalue weighted by Gasteiger charge is -2.34. The molecule has 1 fully saturated rings. The van der Waals surface area contributed by atoms with Crippen molar-refractivity contribution in [1.29, 1.82) is 0 Å². The number of carbonyl (C=O) groups excluding carboxylic acids is 1. The molecular formula is C26H27N4O3S+. The Morgan fingerprint density at radius 2 is 1.88 bits per heavy atom. The summed E-state index contributed by atoms with van der Waals surface area (Å²) in [4.78, 5) is 16.2. The molecule has 1 saturated heterocycles. The van der Waals surface area contributed by atoms with Crippen molar-refractivity contribution in [2.24, 2.45) is 5.92 Å². The van der Waals surface area contributed by atoms with E-state index >= 15 is 0 Å². The van der Waals surface area contributed by atoms with Crippen LogP contribution in [-0.2, 0) is 11.4 Å². The lowest BCUT2D eigenvalue weighted by atomic mass is 9.88. The number of carbonyl (C=O) groups is 1. The van der Waals surface area contributed by atoms with Gasteiger partial charge in [-0.15, -0.1) is 0 Å². The summed E-state index contributed by atoms with van der Waals surface area (Å²) >= 11 is 5.36. The molecule has 4 N–H and O–H groups in total. The van der Waals surface area contributed by atoms with Crippen LogP contribution in [0, 0.1) is 5.92 Å². The van der Waals surface area contributed by atoms with Gasteiger partial charge in [-0.2, -0.15) is 0 Å². The number of hydrogen-bond acceptors (Lipinski definition) is 4. The number of aromatic nitrogens is 1. The highest BCUT2D eigenvalue weighted by atomic mass is 32.1. The van der Waals surface area contributed by atoms with Gasteiger partial charge in [0.15, 0.2) is 16.6 Å². The number of nitrogens with one attached hydrogen (secondary N) is 4. The number of ether oxygens (including phenoxy) is 2. The molecule has 3 aromatic rings.